The van der Waals surface area contributed by atoms with Gasteiger partial charge < -0.3 is 30.5 Å². The minimum atomic E-state index is -3.80. The molecule has 1 aliphatic heterocycles. The van der Waals surface area contributed by atoms with Crippen molar-refractivity contribution < 1.29 is 37.4 Å². The third-order valence-corrected chi connectivity index (χ3v) is 9.63. The highest BCUT2D eigenvalue weighted by Crippen LogP contribution is 2.40. The van der Waals surface area contributed by atoms with Gasteiger partial charge in [0.1, 0.15) is 6.04 Å². The number of hydrogen-bond donors (Lipinski definition) is 4. The van der Waals surface area contributed by atoms with Crippen molar-refractivity contribution in [3.8, 4) is 11.5 Å². The maximum Gasteiger partial charge on any atom is 0.409 e. The second-order valence-corrected chi connectivity index (χ2v) is 13.0. The zero-order chi connectivity index (χ0) is 32.2. The number of carbonyl (C=O) groups is 3. The number of hydrogen-bond acceptors (Lipinski definition) is 9. The summed E-state index contributed by atoms with van der Waals surface area (Å²) >= 11 is 0. The fourth-order valence-electron chi connectivity index (χ4n) is 5.18. The average molecular weight is 626 g/mol. The Morgan fingerprint density at radius 2 is 1.75 bits per heavy atom. The Hall–Kier alpha value is -4.85. The lowest BCUT2D eigenvalue weighted by Crippen LogP contribution is -2.38. The Labute approximate surface area is 255 Å². The molecule has 2 unspecified atom stereocenters. The minimum Gasteiger partial charge on any atom is -0.493 e. The number of sulfone groups is 1. The smallest absolute Gasteiger partial charge is 0.409 e. The van der Waals surface area contributed by atoms with E-state index in [4.69, 9.17) is 15.2 Å². The third-order valence-electron chi connectivity index (χ3n) is 7.40. The zero-order valence-corrected chi connectivity index (χ0v) is 25.6. The van der Waals surface area contributed by atoms with Gasteiger partial charge in [-0.3, -0.25) is 19.9 Å². The Balaban J connectivity index is 1.83. The first kappa shape index (κ1) is 32.1. The monoisotopic (exact) mass is 625 g/mol. The van der Waals surface area contributed by atoms with Gasteiger partial charge in [-0.05, 0) is 74.2 Å². The Morgan fingerprint density at radius 1 is 1.02 bits per heavy atom. The van der Waals surface area contributed by atoms with Crippen molar-refractivity contribution in [3.63, 3.8) is 0 Å². The molecule has 14 heteroatoms. The molecule has 0 spiro atoms. The molecule has 2 heterocycles. The molecular formula is C30H35N5O8S. The van der Waals surface area contributed by atoms with Gasteiger partial charge in [0.05, 0.1) is 47.9 Å². The van der Waals surface area contributed by atoms with E-state index in [2.05, 4.69) is 15.6 Å². The van der Waals surface area contributed by atoms with Gasteiger partial charge in [-0.1, -0.05) is 6.07 Å². The average Bonchev–Trinajstić information content (AvgIpc) is 3.49. The summed E-state index contributed by atoms with van der Waals surface area (Å²) in [5, 5.41) is 14.0. The fraction of sp³-hybridized carbons (Fsp3) is 0.333. The zero-order valence-electron chi connectivity index (χ0n) is 24.7. The molecule has 0 radical (unpaired) electrons. The highest BCUT2D eigenvalue weighted by atomic mass is 32.2. The first-order chi connectivity index (χ1) is 20.9. The lowest BCUT2D eigenvalue weighted by atomic mass is 10.0. The lowest BCUT2D eigenvalue weighted by Gasteiger charge is -2.32. The molecule has 0 saturated carbocycles. The van der Waals surface area contributed by atoms with Gasteiger partial charge in [0, 0.05) is 18.4 Å². The first-order valence-electron chi connectivity index (χ1n) is 13.8. The maximum absolute atomic E-state index is 14.5. The van der Waals surface area contributed by atoms with Gasteiger partial charge in [-0.15, -0.1) is 0 Å². The summed E-state index contributed by atoms with van der Waals surface area (Å²) in [6, 6.07) is 9.00. The van der Waals surface area contributed by atoms with E-state index >= 15 is 0 Å². The van der Waals surface area contributed by atoms with Crippen LogP contribution in [-0.4, -0.2) is 67.3 Å². The molecule has 1 aliphatic rings. The Kier molecular flexibility index (Phi) is 9.62. The van der Waals surface area contributed by atoms with Crippen molar-refractivity contribution >= 4 is 39.1 Å². The van der Waals surface area contributed by atoms with Crippen LogP contribution in [0.15, 0.2) is 59.8 Å². The molecular weight excluding hydrogens is 590 g/mol. The molecule has 1 aromatic heterocycles. The number of pyridine rings is 1. The normalized spacial score (nSPS) is 15.5. The van der Waals surface area contributed by atoms with Crippen LogP contribution in [-0.2, 0) is 14.6 Å². The molecule has 2 aromatic carbocycles. The number of amides is 3. The minimum absolute atomic E-state index is 0.0297. The van der Waals surface area contributed by atoms with E-state index in [0.717, 1.165) is 0 Å². The Bertz CT molecular complexity index is 1680. The number of carbonyl (C=O) groups excluding carboxylic acids is 2. The van der Waals surface area contributed by atoms with Crippen LogP contribution in [0.25, 0.3) is 0 Å². The summed E-state index contributed by atoms with van der Waals surface area (Å²) in [7, 11) is -0.841. The molecule has 234 valence electrons. The number of aromatic nitrogens is 1. The number of nitrogens with one attached hydrogen (secondary N) is 2. The van der Waals surface area contributed by atoms with Crippen molar-refractivity contribution in [2.75, 3.05) is 31.4 Å². The number of rotatable bonds is 11. The molecule has 4 rings (SSSR count). The van der Waals surface area contributed by atoms with E-state index in [1.165, 1.54) is 50.9 Å². The van der Waals surface area contributed by atoms with Crippen LogP contribution in [0.5, 0.6) is 11.5 Å². The largest absolute Gasteiger partial charge is 0.493 e. The van der Waals surface area contributed by atoms with E-state index < -0.39 is 45.1 Å². The van der Waals surface area contributed by atoms with Gasteiger partial charge in [0.2, 0.25) is 11.8 Å². The number of carboxylic acid groups (broad SMARTS) is 1. The van der Waals surface area contributed by atoms with Crippen LogP contribution in [0.1, 0.15) is 60.3 Å². The molecule has 3 aromatic rings. The molecule has 0 bridgehead atoms. The molecule has 5 N–H and O–H groups in total. The van der Waals surface area contributed by atoms with Crippen LogP contribution in [0, 0.1) is 0 Å². The van der Waals surface area contributed by atoms with Gasteiger partial charge in [0.25, 0.3) is 0 Å². The molecule has 0 aliphatic carbocycles. The SMILES string of the molecule is COc1ccc(C(Nc2cncc(C(N)=O)c2)C(=O)N2CCCC2c2cc(NC(=O)O)ccc2S(=O)(=O)C(C)C)cc1OC. The van der Waals surface area contributed by atoms with E-state index in [1.807, 2.05) is 0 Å². The van der Waals surface area contributed by atoms with Crippen molar-refractivity contribution in [3.05, 3.63) is 71.5 Å². The second-order valence-electron chi connectivity index (χ2n) is 10.5. The van der Waals surface area contributed by atoms with E-state index in [9.17, 15) is 27.9 Å². The summed E-state index contributed by atoms with van der Waals surface area (Å²) in [5.74, 6) is -0.258. The number of nitrogens with two attached hydrogens (primary N) is 1. The van der Waals surface area contributed by atoms with E-state index in [1.54, 1.807) is 36.9 Å². The fourth-order valence-corrected chi connectivity index (χ4v) is 6.47. The maximum atomic E-state index is 14.5. The number of ether oxygens (including phenoxy) is 2. The number of anilines is 2. The topological polar surface area (TPSA) is 190 Å². The highest BCUT2D eigenvalue weighted by molar-refractivity contribution is 7.92. The van der Waals surface area contributed by atoms with Crippen LogP contribution >= 0.6 is 0 Å². The van der Waals surface area contributed by atoms with Crippen molar-refractivity contribution in [1.82, 2.24) is 9.88 Å². The molecule has 13 nitrogen and oxygen atoms in total. The van der Waals surface area contributed by atoms with Crippen LogP contribution < -0.4 is 25.8 Å². The van der Waals surface area contributed by atoms with Crippen LogP contribution in [0.4, 0.5) is 16.2 Å². The van der Waals surface area contributed by atoms with Gasteiger partial charge in [-0.2, -0.15) is 0 Å². The Morgan fingerprint density at radius 3 is 2.39 bits per heavy atom. The number of likely N-dealkylation sites (tertiary alicyclic amines) is 1. The van der Waals surface area contributed by atoms with Crippen molar-refractivity contribution in [1.29, 1.82) is 0 Å². The van der Waals surface area contributed by atoms with Crippen LogP contribution in [0.3, 0.4) is 0 Å². The summed E-state index contributed by atoms with van der Waals surface area (Å²) in [6.45, 7) is 3.43. The molecule has 3 amide bonds. The summed E-state index contributed by atoms with van der Waals surface area (Å²) < 4.78 is 37.7. The summed E-state index contributed by atoms with van der Waals surface area (Å²) in [6.07, 6.45) is 2.47. The van der Waals surface area contributed by atoms with Gasteiger partial charge >= 0.3 is 6.09 Å². The lowest BCUT2D eigenvalue weighted by molar-refractivity contribution is -0.133. The first-order valence-corrected chi connectivity index (χ1v) is 15.3. The highest BCUT2D eigenvalue weighted by Gasteiger charge is 2.38. The number of benzene rings is 2. The van der Waals surface area contributed by atoms with Gasteiger partial charge in [0.15, 0.2) is 21.3 Å². The van der Waals surface area contributed by atoms with Crippen molar-refractivity contribution in [2.45, 2.75) is 48.9 Å². The van der Waals surface area contributed by atoms with Gasteiger partial charge in [-0.25, -0.2) is 13.2 Å². The quantitative estimate of drug-likeness (QED) is 0.242. The summed E-state index contributed by atoms with van der Waals surface area (Å²) in [5.41, 5.74) is 6.93. The predicted octanol–water partition coefficient (Wildman–Crippen LogP) is 3.99. The molecule has 1 saturated heterocycles. The van der Waals surface area contributed by atoms with E-state index in [-0.39, 0.29) is 16.1 Å². The van der Waals surface area contributed by atoms with E-state index in [0.29, 0.717) is 47.7 Å². The molecule has 1 fully saturated rings. The number of methoxy groups -OCH3 is 2. The number of primary amides is 1. The standard InChI is InChI=1S/C30H35N5O8S/c1-17(2)44(40,41)26-10-8-20(34-30(38)39)14-22(26)23-6-5-11-35(23)29(37)27(18-7-9-24(42-3)25(13-18)43-4)33-21-12-19(28(31)36)15-32-16-21/h7-10,12-17,23,27,33-34H,5-6,11H2,1-4H3,(H2,31,36)(H,38,39). The molecule has 44 heavy (non-hydrogen) atoms. The second kappa shape index (κ2) is 13.2. The van der Waals surface area contributed by atoms with Crippen molar-refractivity contribution in [2.24, 2.45) is 5.73 Å². The number of nitrogens with zero attached hydrogens (tertiary/aromatic N) is 2. The van der Waals surface area contributed by atoms with Crippen LogP contribution in [0.2, 0.25) is 0 Å². The molecule has 2 atom stereocenters. The third kappa shape index (κ3) is 6.70. The predicted molar refractivity (Wildman–Crippen MR) is 163 cm³/mol. The summed E-state index contributed by atoms with van der Waals surface area (Å²) in [4.78, 5) is 43.4.